The topological polar surface area (TPSA) is 65.8 Å². The SMILES string of the molecule is Cc1nn2cccnc2c1C(=O)NN1CCN(C(c2ccccc2)c2ccccc2)CC1. The molecule has 4 aromatic rings. The van der Waals surface area contributed by atoms with Crippen molar-refractivity contribution in [2.75, 3.05) is 26.2 Å². The van der Waals surface area contributed by atoms with Crippen molar-refractivity contribution < 1.29 is 4.79 Å². The molecule has 162 valence electrons. The average molecular weight is 427 g/mol. The molecule has 7 heteroatoms. The van der Waals surface area contributed by atoms with Gasteiger partial charge in [0, 0.05) is 38.6 Å². The van der Waals surface area contributed by atoms with Crippen LogP contribution < -0.4 is 5.43 Å². The fraction of sp³-hybridized carbons (Fsp3) is 0.240. The molecule has 1 N–H and O–H groups in total. The molecule has 0 aliphatic carbocycles. The molecule has 5 rings (SSSR count). The molecule has 1 aliphatic rings. The van der Waals surface area contributed by atoms with Crippen LogP contribution >= 0.6 is 0 Å². The minimum Gasteiger partial charge on any atom is -0.290 e. The summed E-state index contributed by atoms with van der Waals surface area (Å²) < 4.78 is 1.65. The third-order valence-electron chi connectivity index (χ3n) is 5.97. The largest absolute Gasteiger partial charge is 0.290 e. The number of rotatable bonds is 5. The highest BCUT2D eigenvalue weighted by Gasteiger charge is 2.28. The molecule has 1 amide bonds. The Morgan fingerprint density at radius 1 is 0.906 bits per heavy atom. The van der Waals surface area contributed by atoms with Crippen LogP contribution in [0.1, 0.15) is 33.2 Å². The molecule has 0 bridgehead atoms. The van der Waals surface area contributed by atoms with Gasteiger partial charge in [0.25, 0.3) is 5.91 Å². The number of benzene rings is 2. The number of fused-ring (bicyclic) bond motifs is 1. The lowest BCUT2D eigenvalue weighted by Gasteiger charge is -2.39. The van der Waals surface area contributed by atoms with Gasteiger partial charge in [0.1, 0.15) is 5.56 Å². The van der Waals surface area contributed by atoms with Crippen LogP contribution in [0.3, 0.4) is 0 Å². The molecule has 32 heavy (non-hydrogen) atoms. The molecule has 2 aromatic heterocycles. The first-order chi connectivity index (χ1) is 15.7. The standard InChI is InChI=1S/C25H26N6O/c1-19-22(24-26-13-8-14-31(24)27-19)25(32)28-30-17-15-29(16-18-30)23(20-9-4-2-5-10-20)21-11-6-3-7-12-21/h2-14,23H,15-18H2,1H3,(H,28,32). The molecule has 0 saturated carbocycles. The van der Waals surface area contributed by atoms with Crippen molar-refractivity contribution in [3.8, 4) is 0 Å². The molecular weight excluding hydrogens is 400 g/mol. The first-order valence-corrected chi connectivity index (χ1v) is 10.9. The number of piperazine rings is 1. The summed E-state index contributed by atoms with van der Waals surface area (Å²) in [7, 11) is 0. The number of carbonyl (C=O) groups is 1. The summed E-state index contributed by atoms with van der Waals surface area (Å²) in [6.07, 6.45) is 3.48. The molecule has 0 spiro atoms. The Bertz CT molecular complexity index is 1160. The highest BCUT2D eigenvalue weighted by atomic mass is 16.2. The molecule has 1 fully saturated rings. The van der Waals surface area contributed by atoms with Crippen LogP contribution in [0.25, 0.3) is 5.65 Å². The van der Waals surface area contributed by atoms with Crippen LogP contribution in [0.15, 0.2) is 79.1 Å². The van der Waals surface area contributed by atoms with E-state index in [1.165, 1.54) is 11.1 Å². The number of amides is 1. The van der Waals surface area contributed by atoms with Gasteiger partial charge in [-0.15, -0.1) is 0 Å². The molecule has 7 nitrogen and oxygen atoms in total. The second-order valence-corrected chi connectivity index (χ2v) is 8.04. The van der Waals surface area contributed by atoms with E-state index in [9.17, 15) is 4.79 Å². The van der Waals surface area contributed by atoms with E-state index in [4.69, 9.17) is 0 Å². The number of hydrogen-bond donors (Lipinski definition) is 1. The summed E-state index contributed by atoms with van der Waals surface area (Å²) in [5.41, 5.74) is 7.41. The van der Waals surface area contributed by atoms with Crippen molar-refractivity contribution in [3.63, 3.8) is 0 Å². The van der Waals surface area contributed by atoms with Gasteiger partial charge >= 0.3 is 0 Å². The maximum Gasteiger partial charge on any atom is 0.271 e. The van der Waals surface area contributed by atoms with Crippen LogP contribution in [0.2, 0.25) is 0 Å². The number of hydrogen-bond acceptors (Lipinski definition) is 5. The summed E-state index contributed by atoms with van der Waals surface area (Å²) >= 11 is 0. The zero-order valence-corrected chi connectivity index (χ0v) is 18.1. The Hall–Kier alpha value is -3.55. The van der Waals surface area contributed by atoms with E-state index in [0.29, 0.717) is 16.9 Å². The quantitative estimate of drug-likeness (QED) is 0.531. The van der Waals surface area contributed by atoms with Gasteiger partial charge in [0.05, 0.1) is 11.7 Å². The number of hydrazine groups is 1. The van der Waals surface area contributed by atoms with Crippen molar-refractivity contribution in [2.45, 2.75) is 13.0 Å². The van der Waals surface area contributed by atoms with Gasteiger partial charge < -0.3 is 0 Å². The second kappa shape index (κ2) is 8.90. The minimum atomic E-state index is -0.160. The van der Waals surface area contributed by atoms with Crippen LogP contribution in [0.4, 0.5) is 0 Å². The van der Waals surface area contributed by atoms with E-state index < -0.39 is 0 Å². The van der Waals surface area contributed by atoms with Gasteiger partial charge in [0.15, 0.2) is 5.65 Å². The first kappa shape index (κ1) is 20.4. The van der Waals surface area contributed by atoms with E-state index in [1.807, 2.05) is 11.9 Å². The molecule has 0 atom stereocenters. The Kier molecular flexibility index (Phi) is 5.66. The third kappa shape index (κ3) is 4.00. The van der Waals surface area contributed by atoms with Gasteiger partial charge in [-0.1, -0.05) is 60.7 Å². The fourth-order valence-corrected chi connectivity index (χ4v) is 4.44. The van der Waals surface area contributed by atoms with Crippen LogP contribution in [0, 0.1) is 6.92 Å². The van der Waals surface area contributed by atoms with Gasteiger partial charge in [0.2, 0.25) is 0 Å². The average Bonchev–Trinajstić information content (AvgIpc) is 3.17. The van der Waals surface area contributed by atoms with Crippen molar-refractivity contribution in [3.05, 3.63) is 102 Å². The van der Waals surface area contributed by atoms with Gasteiger partial charge in [-0.05, 0) is 24.1 Å². The number of carbonyl (C=O) groups excluding carboxylic acids is 1. The molecule has 0 radical (unpaired) electrons. The predicted molar refractivity (Wildman–Crippen MR) is 123 cm³/mol. The zero-order valence-electron chi connectivity index (χ0n) is 18.1. The Morgan fingerprint density at radius 2 is 1.53 bits per heavy atom. The molecule has 1 saturated heterocycles. The minimum absolute atomic E-state index is 0.160. The van der Waals surface area contributed by atoms with Gasteiger partial charge in [-0.3, -0.25) is 15.1 Å². The lowest BCUT2D eigenvalue weighted by Crippen LogP contribution is -2.54. The predicted octanol–water partition coefficient (Wildman–Crippen LogP) is 3.09. The van der Waals surface area contributed by atoms with Crippen LogP contribution in [-0.2, 0) is 0 Å². The van der Waals surface area contributed by atoms with Crippen LogP contribution in [-0.4, -0.2) is 56.6 Å². The summed E-state index contributed by atoms with van der Waals surface area (Å²) in [6.45, 7) is 5.02. The van der Waals surface area contributed by atoms with E-state index >= 15 is 0 Å². The normalized spacial score (nSPS) is 15.3. The summed E-state index contributed by atoms with van der Waals surface area (Å²) in [5.74, 6) is -0.160. The van der Waals surface area contributed by atoms with Gasteiger partial charge in [-0.2, -0.15) is 5.10 Å². The Morgan fingerprint density at radius 3 is 2.16 bits per heavy atom. The monoisotopic (exact) mass is 426 g/mol. The first-order valence-electron chi connectivity index (χ1n) is 10.9. The highest BCUT2D eigenvalue weighted by molar-refractivity contribution is 6.00. The maximum absolute atomic E-state index is 13.0. The van der Waals surface area contributed by atoms with E-state index in [1.54, 1.807) is 23.0 Å². The fourth-order valence-electron chi connectivity index (χ4n) is 4.44. The molecule has 0 unspecified atom stereocenters. The van der Waals surface area contributed by atoms with Crippen molar-refractivity contribution in [1.29, 1.82) is 0 Å². The van der Waals surface area contributed by atoms with Crippen LogP contribution in [0.5, 0.6) is 0 Å². The number of nitrogens with one attached hydrogen (secondary N) is 1. The van der Waals surface area contributed by atoms with E-state index in [-0.39, 0.29) is 11.9 Å². The lowest BCUT2D eigenvalue weighted by atomic mass is 9.96. The molecule has 1 aliphatic heterocycles. The zero-order chi connectivity index (χ0) is 21.9. The highest BCUT2D eigenvalue weighted by Crippen LogP contribution is 2.29. The maximum atomic E-state index is 13.0. The summed E-state index contributed by atoms with van der Waals surface area (Å²) in [6, 6.07) is 23.2. The van der Waals surface area contributed by atoms with Crippen molar-refractivity contribution in [1.82, 2.24) is 29.9 Å². The van der Waals surface area contributed by atoms with Crippen molar-refractivity contribution in [2.24, 2.45) is 0 Å². The second-order valence-electron chi connectivity index (χ2n) is 8.04. The third-order valence-corrected chi connectivity index (χ3v) is 5.97. The van der Waals surface area contributed by atoms with Crippen molar-refractivity contribution >= 4 is 11.6 Å². The molecular formula is C25H26N6O. The van der Waals surface area contributed by atoms with E-state index in [2.05, 4.69) is 81.1 Å². The Balaban J connectivity index is 1.30. The van der Waals surface area contributed by atoms with Gasteiger partial charge in [-0.25, -0.2) is 14.5 Å². The number of aromatic nitrogens is 3. The molecule has 3 heterocycles. The lowest BCUT2D eigenvalue weighted by molar-refractivity contribution is 0.0554. The summed E-state index contributed by atoms with van der Waals surface area (Å²) in [5, 5.41) is 6.39. The summed E-state index contributed by atoms with van der Waals surface area (Å²) in [4.78, 5) is 19.8. The smallest absolute Gasteiger partial charge is 0.271 e. The van der Waals surface area contributed by atoms with E-state index in [0.717, 1.165) is 26.2 Å². The Labute approximate surface area is 187 Å². The number of nitrogens with zero attached hydrogens (tertiary/aromatic N) is 5. The number of aryl methyl sites for hydroxylation is 1. The molecule has 2 aromatic carbocycles.